The Morgan fingerprint density at radius 3 is 2.45 bits per heavy atom. The van der Waals surface area contributed by atoms with E-state index in [0.717, 1.165) is 35.4 Å². The first-order valence-corrected chi connectivity index (χ1v) is 12.0. The first kappa shape index (κ1) is 21.9. The van der Waals surface area contributed by atoms with Gasteiger partial charge in [-0.3, -0.25) is 9.10 Å². The summed E-state index contributed by atoms with van der Waals surface area (Å²) in [6.45, 7) is 3.42. The van der Waals surface area contributed by atoms with E-state index in [-0.39, 0.29) is 16.8 Å². The number of amides is 1. The molecule has 5 nitrogen and oxygen atoms in total. The molecule has 0 aromatic heterocycles. The van der Waals surface area contributed by atoms with Crippen LogP contribution in [0, 0.1) is 0 Å². The van der Waals surface area contributed by atoms with Crippen molar-refractivity contribution in [3.05, 3.63) is 63.1 Å². The lowest BCUT2D eigenvalue weighted by atomic mass is 10.0. The third-order valence-electron chi connectivity index (χ3n) is 5.22. The number of carbonyl (C=O) groups excluding carboxylic acids is 1. The van der Waals surface area contributed by atoms with E-state index in [2.05, 4.69) is 17.4 Å². The fourth-order valence-electron chi connectivity index (χ4n) is 3.71. The van der Waals surface area contributed by atoms with Crippen LogP contribution in [0.1, 0.15) is 43.0 Å². The van der Waals surface area contributed by atoms with Gasteiger partial charge in [-0.05, 0) is 68.0 Å². The number of hydrogen-bond donors (Lipinski definition) is 1. The first-order valence-electron chi connectivity index (χ1n) is 9.44. The summed E-state index contributed by atoms with van der Waals surface area (Å²) >= 11 is 12.2. The highest BCUT2D eigenvalue weighted by molar-refractivity contribution is 7.92. The van der Waals surface area contributed by atoms with Crippen molar-refractivity contribution in [2.75, 3.05) is 10.6 Å². The van der Waals surface area contributed by atoms with Gasteiger partial charge in [0.15, 0.2) is 0 Å². The molecule has 3 rings (SSSR count). The number of nitrogens with one attached hydrogen (secondary N) is 1. The smallest absolute Gasteiger partial charge is 0.244 e. The Balaban J connectivity index is 1.83. The maximum absolute atomic E-state index is 12.9. The molecule has 0 heterocycles. The Kier molecular flexibility index (Phi) is 6.46. The molecule has 1 aliphatic carbocycles. The van der Waals surface area contributed by atoms with E-state index >= 15 is 0 Å². The molecule has 0 saturated heterocycles. The van der Waals surface area contributed by atoms with Crippen LogP contribution in [-0.4, -0.2) is 26.6 Å². The lowest BCUT2D eigenvalue weighted by molar-refractivity contribution is -0.122. The minimum absolute atomic E-state index is 0.175. The Morgan fingerprint density at radius 2 is 1.76 bits per heavy atom. The monoisotopic (exact) mass is 454 g/mol. The van der Waals surface area contributed by atoms with E-state index in [9.17, 15) is 13.2 Å². The summed E-state index contributed by atoms with van der Waals surface area (Å²) < 4.78 is 25.9. The molecule has 8 heteroatoms. The second kappa shape index (κ2) is 8.54. The van der Waals surface area contributed by atoms with Gasteiger partial charge in [0, 0.05) is 5.02 Å². The third-order valence-corrected chi connectivity index (χ3v) is 7.00. The molecule has 0 unspecified atom stereocenters. The summed E-state index contributed by atoms with van der Waals surface area (Å²) in [5, 5.41) is 3.45. The second-order valence-electron chi connectivity index (χ2n) is 7.44. The molecule has 2 aromatic rings. The fraction of sp³-hybridized carbons (Fsp3) is 0.381. The SMILES string of the molecule is C[C@H](NC(=O)[C@H](C)N(c1cc(Cl)ccc1Cl)S(C)(=O)=O)c1ccc2c(c1)CCC2. The molecule has 1 amide bonds. The molecule has 0 aliphatic heterocycles. The van der Waals surface area contributed by atoms with E-state index in [1.54, 1.807) is 6.07 Å². The van der Waals surface area contributed by atoms with Gasteiger partial charge >= 0.3 is 0 Å². The van der Waals surface area contributed by atoms with Gasteiger partial charge < -0.3 is 5.32 Å². The second-order valence-corrected chi connectivity index (χ2v) is 10.1. The molecule has 0 spiro atoms. The molecule has 29 heavy (non-hydrogen) atoms. The maximum atomic E-state index is 12.9. The van der Waals surface area contributed by atoms with E-state index in [1.165, 1.54) is 30.2 Å². The minimum Gasteiger partial charge on any atom is -0.348 e. The molecule has 156 valence electrons. The number of fused-ring (bicyclic) bond motifs is 1. The maximum Gasteiger partial charge on any atom is 0.244 e. The van der Waals surface area contributed by atoms with Gasteiger partial charge in [-0.1, -0.05) is 41.4 Å². The molecule has 2 atom stereocenters. The Labute approximate surface area is 182 Å². The van der Waals surface area contributed by atoms with Gasteiger partial charge in [0.2, 0.25) is 15.9 Å². The molecule has 1 N–H and O–H groups in total. The van der Waals surface area contributed by atoms with Crippen LogP contribution < -0.4 is 9.62 Å². The Morgan fingerprint density at radius 1 is 1.07 bits per heavy atom. The average Bonchev–Trinajstić information content (AvgIpc) is 3.11. The topological polar surface area (TPSA) is 66.5 Å². The van der Waals surface area contributed by atoms with Crippen molar-refractivity contribution < 1.29 is 13.2 Å². The predicted octanol–water partition coefficient (Wildman–Crippen LogP) is 4.51. The van der Waals surface area contributed by atoms with Crippen LogP contribution >= 0.6 is 23.2 Å². The Bertz CT molecular complexity index is 1040. The van der Waals surface area contributed by atoms with Gasteiger partial charge in [-0.2, -0.15) is 0 Å². The number of rotatable bonds is 6. The number of carbonyl (C=O) groups is 1. The summed E-state index contributed by atoms with van der Waals surface area (Å²) in [4.78, 5) is 12.9. The highest BCUT2D eigenvalue weighted by Gasteiger charge is 2.31. The van der Waals surface area contributed by atoms with E-state index in [4.69, 9.17) is 23.2 Å². The lowest BCUT2D eigenvalue weighted by Crippen LogP contribution is -2.48. The van der Waals surface area contributed by atoms with Crippen molar-refractivity contribution in [3.63, 3.8) is 0 Å². The van der Waals surface area contributed by atoms with Crippen LogP contribution in [0.3, 0.4) is 0 Å². The van der Waals surface area contributed by atoms with Crippen LogP contribution in [0.4, 0.5) is 5.69 Å². The molecule has 0 saturated carbocycles. The lowest BCUT2D eigenvalue weighted by Gasteiger charge is -2.30. The zero-order valence-electron chi connectivity index (χ0n) is 16.6. The zero-order valence-corrected chi connectivity index (χ0v) is 18.9. The number of aryl methyl sites for hydroxylation is 2. The molecule has 0 bridgehead atoms. The summed E-state index contributed by atoms with van der Waals surface area (Å²) in [6, 6.07) is 9.51. The summed E-state index contributed by atoms with van der Waals surface area (Å²) in [6.07, 6.45) is 4.34. The van der Waals surface area contributed by atoms with Gasteiger partial charge in [0.1, 0.15) is 6.04 Å². The number of benzene rings is 2. The van der Waals surface area contributed by atoms with Gasteiger partial charge in [0.25, 0.3) is 0 Å². The van der Waals surface area contributed by atoms with E-state index < -0.39 is 22.0 Å². The predicted molar refractivity (Wildman–Crippen MR) is 118 cm³/mol. The highest BCUT2D eigenvalue weighted by atomic mass is 35.5. The van der Waals surface area contributed by atoms with Crippen molar-refractivity contribution in [1.82, 2.24) is 5.32 Å². The standard InChI is InChI=1S/C21H24Cl2N2O3S/c1-13(16-8-7-15-5-4-6-17(15)11-16)24-21(26)14(2)25(29(3,27)28)20-12-18(22)9-10-19(20)23/h7-14H,4-6H2,1-3H3,(H,24,26)/t13-,14-/m0/s1. The fourth-order valence-corrected chi connectivity index (χ4v) is 5.32. The average molecular weight is 455 g/mol. The van der Waals surface area contributed by atoms with Crippen LogP contribution in [-0.2, 0) is 27.7 Å². The van der Waals surface area contributed by atoms with Gasteiger partial charge in [-0.15, -0.1) is 0 Å². The largest absolute Gasteiger partial charge is 0.348 e. The van der Waals surface area contributed by atoms with Crippen molar-refractivity contribution in [1.29, 1.82) is 0 Å². The zero-order chi connectivity index (χ0) is 21.3. The van der Waals surface area contributed by atoms with Gasteiger partial charge in [0.05, 0.1) is 23.0 Å². The third kappa shape index (κ3) is 4.87. The molecular formula is C21H24Cl2N2O3S. The normalized spacial score (nSPS) is 15.5. The Hall–Kier alpha value is -1.76. The first-order chi connectivity index (χ1) is 13.6. The summed E-state index contributed by atoms with van der Waals surface area (Å²) in [5.41, 5.74) is 3.85. The van der Waals surface area contributed by atoms with Crippen molar-refractivity contribution >= 4 is 44.8 Å². The van der Waals surface area contributed by atoms with Crippen molar-refractivity contribution in [3.8, 4) is 0 Å². The van der Waals surface area contributed by atoms with Crippen molar-refractivity contribution in [2.45, 2.75) is 45.2 Å². The number of hydrogen-bond acceptors (Lipinski definition) is 3. The summed E-state index contributed by atoms with van der Waals surface area (Å²) in [7, 11) is -3.78. The van der Waals surface area contributed by atoms with Crippen LogP contribution in [0.5, 0.6) is 0 Å². The van der Waals surface area contributed by atoms with Crippen LogP contribution in [0.15, 0.2) is 36.4 Å². The highest BCUT2D eigenvalue weighted by Crippen LogP contribution is 2.32. The van der Waals surface area contributed by atoms with Crippen LogP contribution in [0.2, 0.25) is 10.0 Å². The number of sulfonamides is 1. The molecule has 1 aliphatic rings. The van der Waals surface area contributed by atoms with Gasteiger partial charge in [-0.25, -0.2) is 8.42 Å². The van der Waals surface area contributed by atoms with E-state index in [0.29, 0.717) is 5.02 Å². The quantitative estimate of drug-likeness (QED) is 0.697. The number of halogens is 2. The molecule has 0 fully saturated rings. The molecular weight excluding hydrogens is 431 g/mol. The number of anilines is 1. The van der Waals surface area contributed by atoms with Crippen molar-refractivity contribution in [2.24, 2.45) is 0 Å². The molecule has 2 aromatic carbocycles. The van der Waals surface area contributed by atoms with E-state index in [1.807, 2.05) is 13.0 Å². The molecule has 0 radical (unpaired) electrons. The minimum atomic E-state index is -3.78. The number of nitrogens with zero attached hydrogens (tertiary/aromatic N) is 1. The summed E-state index contributed by atoms with van der Waals surface area (Å²) in [5.74, 6) is -0.417. The van der Waals surface area contributed by atoms with Crippen LogP contribution in [0.25, 0.3) is 0 Å².